The van der Waals surface area contributed by atoms with Crippen molar-refractivity contribution < 1.29 is 19.4 Å². The second-order valence-electron chi connectivity index (χ2n) is 8.29. The van der Waals surface area contributed by atoms with Gasteiger partial charge in [-0.2, -0.15) is 0 Å². The van der Waals surface area contributed by atoms with Crippen LogP contribution in [0, 0.1) is 5.92 Å². The van der Waals surface area contributed by atoms with Crippen LogP contribution < -0.4 is 0 Å². The molecule has 174 valence electrons. The first-order chi connectivity index (χ1) is 14.6. The van der Waals surface area contributed by atoms with Crippen LogP contribution in [0.1, 0.15) is 116 Å². The zero-order valence-electron chi connectivity index (χ0n) is 19.4. The number of allylic oxidation sites excluding steroid dienone is 2. The highest BCUT2D eigenvalue weighted by Gasteiger charge is 2.22. The fourth-order valence-electron chi connectivity index (χ4n) is 3.59. The van der Waals surface area contributed by atoms with Crippen LogP contribution in [0.3, 0.4) is 0 Å². The van der Waals surface area contributed by atoms with Crippen LogP contribution in [0.2, 0.25) is 0 Å². The van der Waals surface area contributed by atoms with Crippen LogP contribution in [0.4, 0.5) is 0 Å². The number of carbonyl (C=O) groups excluding carboxylic acids is 1. The quantitative estimate of drug-likeness (QED) is 0.111. The van der Waals surface area contributed by atoms with E-state index in [1.807, 2.05) is 0 Å². The molecule has 0 fully saturated rings. The first-order valence-electron chi connectivity index (χ1n) is 12.3. The van der Waals surface area contributed by atoms with Crippen LogP contribution in [0.25, 0.3) is 0 Å². The molecule has 0 aromatic carbocycles. The van der Waals surface area contributed by atoms with Gasteiger partial charge in [0.25, 0.3) is 0 Å². The fourth-order valence-corrected chi connectivity index (χ4v) is 3.59. The van der Waals surface area contributed by atoms with E-state index in [1.165, 1.54) is 83.1 Å². The van der Waals surface area contributed by atoms with Gasteiger partial charge in [-0.1, -0.05) is 102 Å². The molecule has 1 N–H and O–H groups in total. The van der Waals surface area contributed by atoms with Gasteiger partial charge in [0, 0.05) is 0 Å². The molecule has 0 aromatic heterocycles. The molecule has 0 amide bonds. The lowest BCUT2D eigenvalue weighted by molar-refractivity contribution is -0.152. The highest BCUT2D eigenvalue weighted by Crippen LogP contribution is 2.17. The molecule has 1 atom stereocenters. The van der Waals surface area contributed by atoms with E-state index in [0.717, 1.165) is 19.3 Å². The minimum Gasteiger partial charge on any atom is -0.481 e. The van der Waals surface area contributed by atoms with Crippen molar-refractivity contribution in [1.29, 1.82) is 0 Å². The highest BCUT2D eigenvalue weighted by atomic mass is 16.5. The third-order valence-electron chi connectivity index (χ3n) is 5.41. The van der Waals surface area contributed by atoms with Gasteiger partial charge < -0.3 is 9.84 Å². The summed E-state index contributed by atoms with van der Waals surface area (Å²) >= 11 is 0. The summed E-state index contributed by atoms with van der Waals surface area (Å²) in [5.74, 6) is -1.90. The van der Waals surface area contributed by atoms with E-state index < -0.39 is 17.9 Å². The van der Waals surface area contributed by atoms with E-state index in [0.29, 0.717) is 6.42 Å². The first-order valence-corrected chi connectivity index (χ1v) is 12.3. The SMILES string of the molecule is C=CCOC(=O)C(CCCCCCCC/C=C/CCCCCCCCC)CC(=O)O. The molecule has 0 heterocycles. The van der Waals surface area contributed by atoms with Gasteiger partial charge in [0.15, 0.2) is 0 Å². The van der Waals surface area contributed by atoms with E-state index in [1.54, 1.807) is 0 Å². The van der Waals surface area contributed by atoms with Gasteiger partial charge in [0.05, 0.1) is 12.3 Å². The van der Waals surface area contributed by atoms with Crippen molar-refractivity contribution >= 4 is 11.9 Å². The number of aliphatic carboxylic acids is 1. The van der Waals surface area contributed by atoms with Crippen molar-refractivity contribution in [3.05, 3.63) is 24.8 Å². The lowest BCUT2D eigenvalue weighted by Crippen LogP contribution is -2.21. The Kier molecular flexibility index (Phi) is 20.9. The maximum absolute atomic E-state index is 11.9. The Hall–Kier alpha value is -1.58. The summed E-state index contributed by atoms with van der Waals surface area (Å²) in [6.07, 6.45) is 25.3. The summed E-state index contributed by atoms with van der Waals surface area (Å²) in [5.41, 5.74) is 0. The molecule has 4 heteroatoms. The summed E-state index contributed by atoms with van der Waals surface area (Å²) in [7, 11) is 0. The van der Waals surface area contributed by atoms with Gasteiger partial charge >= 0.3 is 11.9 Å². The zero-order valence-corrected chi connectivity index (χ0v) is 19.4. The van der Waals surface area contributed by atoms with E-state index >= 15 is 0 Å². The van der Waals surface area contributed by atoms with E-state index in [9.17, 15) is 9.59 Å². The molecule has 0 aliphatic carbocycles. The maximum atomic E-state index is 11.9. The summed E-state index contributed by atoms with van der Waals surface area (Å²) < 4.78 is 5.01. The second-order valence-corrected chi connectivity index (χ2v) is 8.29. The van der Waals surface area contributed by atoms with Gasteiger partial charge in [0.2, 0.25) is 0 Å². The molecule has 0 aromatic rings. The van der Waals surface area contributed by atoms with E-state index in [2.05, 4.69) is 25.7 Å². The van der Waals surface area contributed by atoms with Crippen LogP contribution in [0.5, 0.6) is 0 Å². The number of rotatable bonds is 22. The normalized spacial score (nSPS) is 12.2. The molecule has 0 aliphatic rings. The molecule has 0 rings (SSSR count). The van der Waals surface area contributed by atoms with Gasteiger partial charge in [0.1, 0.15) is 6.61 Å². The molecule has 0 spiro atoms. The summed E-state index contributed by atoms with van der Waals surface area (Å²) in [5, 5.41) is 8.97. The van der Waals surface area contributed by atoms with Crippen molar-refractivity contribution in [3.63, 3.8) is 0 Å². The second kappa shape index (κ2) is 22.1. The molecule has 0 saturated heterocycles. The highest BCUT2D eigenvalue weighted by molar-refractivity contribution is 5.79. The Morgan fingerprint density at radius 3 is 1.83 bits per heavy atom. The minimum atomic E-state index is -0.949. The first kappa shape index (κ1) is 28.4. The molecule has 30 heavy (non-hydrogen) atoms. The van der Waals surface area contributed by atoms with Gasteiger partial charge in [-0.3, -0.25) is 9.59 Å². The molecular weight excluding hydrogens is 376 g/mol. The van der Waals surface area contributed by atoms with Gasteiger partial charge in [-0.25, -0.2) is 0 Å². The molecule has 0 bridgehead atoms. The Balaban J connectivity index is 3.55. The summed E-state index contributed by atoms with van der Waals surface area (Å²) in [4.78, 5) is 22.8. The lowest BCUT2D eigenvalue weighted by atomic mass is 9.97. The molecule has 0 aliphatic heterocycles. The summed E-state index contributed by atoms with van der Waals surface area (Å²) in [6.45, 7) is 5.91. The van der Waals surface area contributed by atoms with Crippen molar-refractivity contribution in [3.8, 4) is 0 Å². The molecule has 1 unspecified atom stereocenters. The predicted octanol–water partition coefficient (Wildman–Crippen LogP) is 7.62. The lowest BCUT2D eigenvalue weighted by Gasteiger charge is -2.13. The monoisotopic (exact) mass is 422 g/mol. The smallest absolute Gasteiger partial charge is 0.309 e. The third kappa shape index (κ3) is 19.7. The Morgan fingerprint density at radius 1 is 0.833 bits per heavy atom. The van der Waals surface area contributed by atoms with Gasteiger partial charge in [-0.05, 0) is 32.1 Å². The topological polar surface area (TPSA) is 63.6 Å². The van der Waals surface area contributed by atoms with Crippen molar-refractivity contribution in [2.75, 3.05) is 6.61 Å². The van der Waals surface area contributed by atoms with Crippen LogP contribution in [0.15, 0.2) is 24.8 Å². The molecular formula is C26H46O4. The number of hydrogen-bond donors (Lipinski definition) is 1. The van der Waals surface area contributed by atoms with Crippen LogP contribution >= 0.6 is 0 Å². The Bertz CT molecular complexity index is 456. The summed E-state index contributed by atoms with van der Waals surface area (Å²) in [6, 6.07) is 0. The van der Waals surface area contributed by atoms with Crippen LogP contribution in [-0.2, 0) is 14.3 Å². The van der Waals surface area contributed by atoms with Crippen molar-refractivity contribution in [2.45, 2.75) is 116 Å². The number of esters is 1. The number of ether oxygens (including phenoxy) is 1. The number of carbonyl (C=O) groups is 2. The molecule has 4 nitrogen and oxygen atoms in total. The average Bonchev–Trinajstić information content (AvgIpc) is 2.73. The zero-order chi connectivity index (χ0) is 22.3. The number of hydrogen-bond acceptors (Lipinski definition) is 3. The maximum Gasteiger partial charge on any atom is 0.309 e. The Morgan fingerprint density at radius 2 is 1.33 bits per heavy atom. The average molecular weight is 423 g/mol. The standard InChI is InChI=1S/C26H46O4/c1-3-5-6-7-8-9-10-11-12-13-14-15-16-17-18-19-20-21-24(23-25(27)28)26(29)30-22-4-2/h4,12-13,24H,2-3,5-11,14-23H2,1H3,(H,27,28)/b13-12+. The van der Waals surface area contributed by atoms with E-state index in [4.69, 9.17) is 9.84 Å². The number of unbranched alkanes of at least 4 members (excludes halogenated alkanes) is 13. The fraction of sp³-hybridized carbons (Fsp3) is 0.769. The Labute approximate surface area is 185 Å². The third-order valence-corrected chi connectivity index (χ3v) is 5.41. The van der Waals surface area contributed by atoms with E-state index in [-0.39, 0.29) is 13.0 Å². The number of carboxylic acids is 1. The number of carboxylic acid groups (broad SMARTS) is 1. The predicted molar refractivity (Wildman–Crippen MR) is 126 cm³/mol. The van der Waals surface area contributed by atoms with Crippen molar-refractivity contribution in [1.82, 2.24) is 0 Å². The molecule has 0 radical (unpaired) electrons. The largest absolute Gasteiger partial charge is 0.481 e. The molecule has 0 saturated carbocycles. The van der Waals surface area contributed by atoms with Crippen LogP contribution in [-0.4, -0.2) is 23.7 Å². The van der Waals surface area contributed by atoms with Gasteiger partial charge in [-0.15, -0.1) is 0 Å². The van der Waals surface area contributed by atoms with Crippen molar-refractivity contribution in [2.24, 2.45) is 5.92 Å². The minimum absolute atomic E-state index is 0.141.